The Morgan fingerprint density at radius 2 is 1.58 bits per heavy atom. The molecule has 0 spiro atoms. The van der Waals surface area contributed by atoms with Crippen LogP contribution in [0.15, 0.2) is 157 Å². The first-order valence-corrected chi connectivity index (χ1v) is 15.6. The summed E-state index contributed by atoms with van der Waals surface area (Å²) >= 11 is 0. The molecule has 3 aliphatic rings. The van der Waals surface area contributed by atoms with Gasteiger partial charge in [-0.1, -0.05) is 111 Å². The van der Waals surface area contributed by atoms with Gasteiger partial charge in [-0.3, -0.25) is 0 Å². The second kappa shape index (κ2) is 12.8. The van der Waals surface area contributed by atoms with Gasteiger partial charge in [0.2, 0.25) is 0 Å². The third-order valence-electron chi connectivity index (χ3n) is 8.87. The molecule has 6 rings (SSSR count). The molecule has 0 heterocycles. The van der Waals surface area contributed by atoms with Crippen LogP contribution in [0.25, 0.3) is 5.57 Å². The Morgan fingerprint density at radius 1 is 0.814 bits per heavy atom. The molecule has 43 heavy (non-hydrogen) atoms. The Hall–Kier alpha value is -4.56. The van der Waals surface area contributed by atoms with E-state index < -0.39 is 0 Å². The average Bonchev–Trinajstić information content (AvgIpc) is 3.19. The number of anilines is 3. The normalized spacial score (nSPS) is 18.6. The number of para-hydroxylation sites is 2. The minimum absolute atomic E-state index is 0.0742. The molecule has 0 amide bonds. The van der Waals surface area contributed by atoms with Crippen LogP contribution in [-0.2, 0) is 5.41 Å². The van der Waals surface area contributed by atoms with Crippen LogP contribution in [-0.4, -0.2) is 13.1 Å². The van der Waals surface area contributed by atoms with Crippen LogP contribution in [0.5, 0.6) is 0 Å². The third kappa shape index (κ3) is 5.88. The van der Waals surface area contributed by atoms with Gasteiger partial charge in [-0.15, -0.1) is 0 Å². The van der Waals surface area contributed by atoms with Crippen molar-refractivity contribution in [1.29, 1.82) is 0 Å². The lowest BCUT2D eigenvalue weighted by Crippen LogP contribution is -2.34. The maximum Gasteiger partial charge on any atom is 0.0465 e. The molecule has 1 unspecified atom stereocenters. The van der Waals surface area contributed by atoms with Crippen molar-refractivity contribution >= 4 is 22.6 Å². The second-order valence-electron chi connectivity index (χ2n) is 12.0. The third-order valence-corrected chi connectivity index (χ3v) is 8.87. The molecule has 0 aliphatic heterocycles. The largest absolute Gasteiger partial charge is 0.367 e. The standard InChI is InChI=1S/C41H42N2/c1-4-5-6-17-29-42(33-20-13-9-14-21-33)31-32-19-18-26-38-37-28-27-36(30-39(37)41(2,3)40(32)38)43(35-24-15-10-16-25-35)34-22-11-7-8-12-23-34/h4-7,9-18,20-28,30,32H,8,19,29,31H2,1-3H3/b5-4-,17-6-. The van der Waals surface area contributed by atoms with Gasteiger partial charge in [0.15, 0.2) is 0 Å². The molecule has 0 aromatic heterocycles. The monoisotopic (exact) mass is 562 g/mol. The maximum atomic E-state index is 2.54. The minimum Gasteiger partial charge on any atom is -0.367 e. The van der Waals surface area contributed by atoms with E-state index in [0.717, 1.165) is 25.9 Å². The summed E-state index contributed by atoms with van der Waals surface area (Å²) in [5.41, 5.74) is 10.5. The molecule has 0 bridgehead atoms. The highest BCUT2D eigenvalue weighted by atomic mass is 15.1. The van der Waals surface area contributed by atoms with Gasteiger partial charge in [-0.05, 0) is 90.6 Å². The molecule has 0 saturated heterocycles. The molecule has 2 nitrogen and oxygen atoms in total. The number of allylic oxidation sites excluding steroid dienone is 11. The van der Waals surface area contributed by atoms with Crippen molar-refractivity contribution in [3.05, 3.63) is 168 Å². The lowest BCUT2D eigenvalue weighted by Gasteiger charge is -2.36. The van der Waals surface area contributed by atoms with Crippen molar-refractivity contribution in [2.24, 2.45) is 5.92 Å². The van der Waals surface area contributed by atoms with Gasteiger partial charge in [0.25, 0.3) is 0 Å². The first-order chi connectivity index (χ1) is 21.1. The maximum absolute atomic E-state index is 2.54. The van der Waals surface area contributed by atoms with Crippen molar-refractivity contribution in [3.8, 4) is 0 Å². The summed E-state index contributed by atoms with van der Waals surface area (Å²) in [6, 6.07) is 28.7. The van der Waals surface area contributed by atoms with E-state index in [0.29, 0.717) is 5.92 Å². The lowest BCUT2D eigenvalue weighted by atomic mass is 9.73. The number of benzene rings is 3. The topological polar surface area (TPSA) is 6.48 Å². The average molecular weight is 563 g/mol. The van der Waals surface area contributed by atoms with Gasteiger partial charge in [0, 0.05) is 47.2 Å². The van der Waals surface area contributed by atoms with Gasteiger partial charge < -0.3 is 9.80 Å². The van der Waals surface area contributed by atoms with E-state index in [1.807, 2.05) is 0 Å². The molecule has 3 aromatic carbocycles. The molecule has 2 heteroatoms. The van der Waals surface area contributed by atoms with Crippen molar-refractivity contribution in [2.75, 3.05) is 22.9 Å². The molecule has 0 fully saturated rings. The fourth-order valence-electron chi connectivity index (χ4n) is 6.90. The van der Waals surface area contributed by atoms with Crippen LogP contribution < -0.4 is 9.80 Å². The first kappa shape index (κ1) is 28.6. The van der Waals surface area contributed by atoms with Gasteiger partial charge >= 0.3 is 0 Å². The highest BCUT2D eigenvalue weighted by Crippen LogP contribution is 2.53. The van der Waals surface area contributed by atoms with Crippen LogP contribution in [0.3, 0.4) is 0 Å². The van der Waals surface area contributed by atoms with Crippen LogP contribution in [0.4, 0.5) is 17.1 Å². The fraction of sp³-hybridized carbons (Fsp3) is 0.220. The zero-order valence-electron chi connectivity index (χ0n) is 25.7. The van der Waals surface area contributed by atoms with E-state index >= 15 is 0 Å². The van der Waals surface area contributed by atoms with Crippen molar-refractivity contribution in [1.82, 2.24) is 0 Å². The molecular weight excluding hydrogens is 520 g/mol. The van der Waals surface area contributed by atoms with Crippen LogP contribution >= 0.6 is 0 Å². The lowest BCUT2D eigenvalue weighted by molar-refractivity contribution is 0.498. The zero-order chi connectivity index (χ0) is 29.6. The highest BCUT2D eigenvalue weighted by molar-refractivity contribution is 5.89. The fourth-order valence-corrected chi connectivity index (χ4v) is 6.90. The number of nitrogens with zero attached hydrogens (tertiary/aromatic N) is 2. The number of hydrogen-bond acceptors (Lipinski definition) is 2. The molecular formula is C41H42N2. The predicted octanol–water partition coefficient (Wildman–Crippen LogP) is 10.5. The van der Waals surface area contributed by atoms with Crippen molar-refractivity contribution in [2.45, 2.75) is 39.0 Å². The smallest absolute Gasteiger partial charge is 0.0465 e. The summed E-state index contributed by atoms with van der Waals surface area (Å²) in [5.74, 6) is 0.434. The van der Waals surface area contributed by atoms with E-state index in [2.05, 4.69) is 176 Å². The Balaban J connectivity index is 1.36. The molecule has 0 N–H and O–H groups in total. The van der Waals surface area contributed by atoms with Gasteiger partial charge in [-0.2, -0.15) is 0 Å². The van der Waals surface area contributed by atoms with E-state index in [-0.39, 0.29) is 5.41 Å². The summed E-state index contributed by atoms with van der Waals surface area (Å²) in [6.07, 6.45) is 26.5. The van der Waals surface area contributed by atoms with Gasteiger partial charge in [0.1, 0.15) is 0 Å². The quantitative estimate of drug-likeness (QED) is 0.239. The molecule has 0 saturated carbocycles. The number of rotatable bonds is 9. The van der Waals surface area contributed by atoms with Gasteiger partial charge in [-0.25, -0.2) is 0 Å². The highest BCUT2D eigenvalue weighted by Gasteiger charge is 2.42. The molecule has 216 valence electrons. The summed E-state index contributed by atoms with van der Waals surface area (Å²) in [7, 11) is 0. The van der Waals surface area contributed by atoms with Crippen molar-refractivity contribution in [3.63, 3.8) is 0 Å². The summed E-state index contributed by atoms with van der Waals surface area (Å²) in [6.45, 7) is 8.80. The van der Waals surface area contributed by atoms with Crippen LogP contribution in [0.1, 0.15) is 44.7 Å². The van der Waals surface area contributed by atoms with E-state index in [4.69, 9.17) is 0 Å². The molecule has 3 aliphatic carbocycles. The Labute approximate surface area is 258 Å². The molecule has 3 aromatic rings. The molecule has 1 atom stereocenters. The van der Waals surface area contributed by atoms with Crippen LogP contribution in [0.2, 0.25) is 0 Å². The van der Waals surface area contributed by atoms with E-state index in [1.54, 1.807) is 5.57 Å². The summed E-state index contributed by atoms with van der Waals surface area (Å²) < 4.78 is 0. The summed E-state index contributed by atoms with van der Waals surface area (Å²) in [5, 5.41) is 0. The Morgan fingerprint density at radius 3 is 2.35 bits per heavy atom. The first-order valence-electron chi connectivity index (χ1n) is 15.6. The van der Waals surface area contributed by atoms with E-state index in [9.17, 15) is 0 Å². The molecule has 0 radical (unpaired) electrons. The van der Waals surface area contributed by atoms with E-state index in [1.165, 1.54) is 39.5 Å². The van der Waals surface area contributed by atoms with Crippen LogP contribution in [0, 0.1) is 5.92 Å². The zero-order valence-corrected chi connectivity index (χ0v) is 25.7. The Bertz CT molecular complexity index is 1640. The van der Waals surface area contributed by atoms with Gasteiger partial charge in [0.05, 0.1) is 0 Å². The summed E-state index contributed by atoms with van der Waals surface area (Å²) in [4.78, 5) is 4.93. The SMILES string of the molecule is C/C=C\C=C/CN(CC1CC=CC2=C1C(C)(C)c1cc(N(C3=CC=CCC=C3)c3ccccc3)ccc12)c1ccccc1. The number of fused-ring (bicyclic) bond motifs is 2. The second-order valence-corrected chi connectivity index (χ2v) is 12.0. The minimum atomic E-state index is -0.0742. The number of hydrogen-bond donors (Lipinski definition) is 0. The predicted molar refractivity (Wildman–Crippen MR) is 186 cm³/mol. The Kier molecular flexibility index (Phi) is 8.47. The van der Waals surface area contributed by atoms with Crippen molar-refractivity contribution < 1.29 is 0 Å².